The van der Waals surface area contributed by atoms with Crippen LogP contribution in [0.3, 0.4) is 0 Å². The second-order valence-electron chi connectivity index (χ2n) is 6.49. The number of nitrogen functional groups attached to an aromatic ring is 1. The largest absolute Gasteiger partial charge is 0.478 e. The smallest absolute Gasteiger partial charge is 0.337 e. The molecular weight excluding hydrogens is 252 g/mol. The van der Waals surface area contributed by atoms with Crippen molar-refractivity contribution in [1.29, 1.82) is 0 Å². The van der Waals surface area contributed by atoms with Crippen LogP contribution < -0.4 is 11.1 Å². The third-order valence-electron chi connectivity index (χ3n) is 4.47. The predicted molar refractivity (Wildman–Crippen MR) is 82.2 cm³/mol. The average Bonchev–Trinajstić information content (AvgIpc) is 2.35. The van der Waals surface area contributed by atoms with Gasteiger partial charge in [0, 0.05) is 17.4 Å². The van der Waals surface area contributed by atoms with E-state index in [-0.39, 0.29) is 11.0 Å². The Bertz CT molecular complexity index is 523. The summed E-state index contributed by atoms with van der Waals surface area (Å²) in [5.41, 5.74) is 8.26. The van der Waals surface area contributed by atoms with Crippen LogP contribution in [0.5, 0.6) is 0 Å². The molecule has 1 aliphatic rings. The Morgan fingerprint density at radius 2 is 2.10 bits per heavy atom. The van der Waals surface area contributed by atoms with Crippen molar-refractivity contribution in [3.05, 3.63) is 23.3 Å². The number of aryl methyl sites for hydroxylation is 1. The Balaban J connectivity index is 2.27. The Morgan fingerprint density at radius 3 is 2.70 bits per heavy atom. The molecule has 20 heavy (non-hydrogen) atoms. The van der Waals surface area contributed by atoms with Crippen LogP contribution in [0.1, 0.15) is 55.5 Å². The van der Waals surface area contributed by atoms with Gasteiger partial charge in [0.25, 0.3) is 0 Å². The first kappa shape index (κ1) is 14.7. The maximum Gasteiger partial charge on any atom is 0.337 e. The molecule has 0 amide bonds. The number of anilines is 2. The molecule has 1 saturated carbocycles. The van der Waals surface area contributed by atoms with Gasteiger partial charge in [0.2, 0.25) is 0 Å². The SMILES string of the molecule is Cc1cc(NC2CCCCC2(C)C)cc(C(=O)O)c1N. The van der Waals surface area contributed by atoms with Gasteiger partial charge in [0.05, 0.1) is 5.56 Å². The van der Waals surface area contributed by atoms with Crippen molar-refractivity contribution in [3.8, 4) is 0 Å². The molecule has 0 spiro atoms. The van der Waals surface area contributed by atoms with E-state index in [1.807, 2.05) is 13.0 Å². The minimum atomic E-state index is -0.975. The van der Waals surface area contributed by atoms with Crippen molar-refractivity contribution in [2.24, 2.45) is 5.41 Å². The first-order valence-corrected chi connectivity index (χ1v) is 7.21. The molecule has 0 bridgehead atoms. The molecule has 4 N–H and O–H groups in total. The zero-order valence-electron chi connectivity index (χ0n) is 12.5. The highest BCUT2D eigenvalue weighted by molar-refractivity contribution is 5.95. The van der Waals surface area contributed by atoms with Crippen LogP contribution in [-0.2, 0) is 0 Å². The number of rotatable bonds is 3. The lowest BCUT2D eigenvalue weighted by molar-refractivity contribution is 0.0698. The zero-order valence-corrected chi connectivity index (χ0v) is 12.5. The summed E-state index contributed by atoms with van der Waals surface area (Å²) in [6.45, 7) is 6.39. The van der Waals surface area contributed by atoms with Crippen LogP contribution in [-0.4, -0.2) is 17.1 Å². The summed E-state index contributed by atoms with van der Waals surface area (Å²) in [4.78, 5) is 11.2. The Morgan fingerprint density at radius 1 is 1.40 bits per heavy atom. The molecule has 2 rings (SSSR count). The fraction of sp³-hybridized carbons (Fsp3) is 0.562. The number of carboxylic acid groups (broad SMARTS) is 1. The predicted octanol–water partition coefficient (Wildman–Crippen LogP) is 3.66. The normalized spacial score (nSPS) is 21.4. The second-order valence-corrected chi connectivity index (χ2v) is 6.49. The van der Waals surface area contributed by atoms with Crippen molar-refractivity contribution in [1.82, 2.24) is 0 Å². The molecule has 1 aliphatic carbocycles. The van der Waals surface area contributed by atoms with Crippen LogP contribution in [0.4, 0.5) is 11.4 Å². The van der Waals surface area contributed by atoms with Gasteiger partial charge in [0.1, 0.15) is 0 Å². The number of carbonyl (C=O) groups is 1. The Labute approximate surface area is 120 Å². The van der Waals surface area contributed by atoms with E-state index in [9.17, 15) is 9.90 Å². The standard InChI is InChI=1S/C16H24N2O2/c1-10-8-11(9-12(14(10)17)15(19)20)18-13-6-4-5-7-16(13,2)3/h8-9,13,18H,4-7,17H2,1-3H3,(H,19,20). The van der Waals surface area contributed by atoms with E-state index in [1.54, 1.807) is 6.07 Å². The zero-order chi connectivity index (χ0) is 14.9. The summed E-state index contributed by atoms with van der Waals surface area (Å²) >= 11 is 0. The molecule has 0 aliphatic heterocycles. The third kappa shape index (κ3) is 2.89. The summed E-state index contributed by atoms with van der Waals surface area (Å²) < 4.78 is 0. The minimum absolute atomic E-state index is 0.182. The summed E-state index contributed by atoms with van der Waals surface area (Å²) in [7, 11) is 0. The van der Waals surface area contributed by atoms with E-state index in [0.717, 1.165) is 17.7 Å². The molecule has 0 radical (unpaired) electrons. The molecule has 1 fully saturated rings. The van der Waals surface area contributed by atoms with Crippen molar-refractivity contribution in [2.45, 2.75) is 52.5 Å². The van der Waals surface area contributed by atoms with Gasteiger partial charge in [-0.25, -0.2) is 4.79 Å². The topological polar surface area (TPSA) is 75.3 Å². The quantitative estimate of drug-likeness (QED) is 0.736. The summed E-state index contributed by atoms with van der Waals surface area (Å²) in [5, 5.41) is 12.7. The van der Waals surface area contributed by atoms with Crippen LogP contribution in [0.2, 0.25) is 0 Å². The van der Waals surface area contributed by atoms with Crippen molar-refractivity contribution < 1.29 is 9.90 Å². The highest BCUT2D eigenvalue weighted by Crippen LogP contribution is 2.37. The van der Waals surface area contributed by atoms with Gasteiger partial charge in [-0.1, -0.05) is 26.7 Å². The molecule has 0 saturated heterocycles. The molecule has 4 nitrogen and oxygen atoms in total. The highest BCUT2D eigenvalue weighted by atomic mass is 16.4. The number of nitrogens with one attached hydrogen (secondary N) is 1. The molecule has 0 aromatic heterocycles. The van der Waals surface area contributed by atoms with Crippen molar-refractivity contribution in [2.75, 3.05) is 11.1 Å². The summed E-state index contributed by atoms with van der Waals surface area (Å²) in [6, 6.07) is 3.96. The van der Waals surface area contributed by atoms with Crippen LogP contribution in [0.25, 0.3) is 0 Å². The molecule has 1 aromatic carbocycles. The lowest BCUT2D eigenvalue weighted by Crippen LogP contribution is -2.39. The Kier molecular flexibility index (Phi) is 3.93. The fourth-order valence-electron chi connectivity index (χ4n) is 3.02. The van der Waals surface area contributed by atoms with Gasteiger partial charge in [0.15, 0.2) is 0 Å². The number of hydrogen-bond donors (Lipinski definition) is 3. The van der Waals surface area contributed by atoms with Gasteiger partial charge in [-0.05, 0) is 42.9 Å². The first-order chi connectivity index (χ1) is 9.31. The van der Waals surface area contributed by atoms with Gasteiger partial charge in [-0.2, -0.15) is 0 Å². The lowest BCUT2D eigenvalue weighted by atomic mass is 9.73. The van der Waals surface area contributed by atoms with E-state index in [2.05, 4.69) is 19.2 Å². The monoisotopic (exact) mass is 276 g/mol. The first-order valence-electron chi connectivity index (χ1n) is 7.21. The maximum absolute atomic E-state index is 11.2. The molecule has 1 aromatic rings. The number of nitrogens with two attached hydrogens (primary N) is 1. The van der Waals surface area contributed by atoms with E-state index in [0.29, 0.717) is 11.7 Å². The van der Waals surface area contributed by atoms with Gasteiger partial charge in [-0.3, -0.25) is 0 Å². The van der Waals surface area contributed by atoms with Crippen LogP contribution in [0, 0.1) is 12.3 Å². The number of carboxylic acids is 1. The molecule has 0 heterocycles. The average molecular weight is 276 g/mol. The highest BCUT2D eigenvalue weighted by Gasteiger charge is 2.32. The molecule has 1 unspecified atom stereocenters. The van der Waals surface area contributed by atoms with Gasteiger partial charge < -0.3 is 16.2 Å². The van der Waals surface area contributed by atoms with Crippen LogP contribution >= 0.6 is 0 Å². The van der Waals surface area contributed by atoms with Gasteiger partial charge >= 0.3 is 5.97 Å². The van der Waals surface area contributed by atoms with E-state index < -0.39 is 5.97 Å². The lowest BCUT2D eigenvalue weighted by Gasteiger charge is -2.39. The molecule has 1 atom stereocenters. The van der Waals surface area contributed by atoms with Crippen LogP contribution in [0.15, 0.2) is 12.1 Å². The summed E-state index contributed by atoms with van der Waals surface area (Å²) in [6.07, 6.45) is 4.82. The summed E-state index contributed by atoms with van der Waals surface area (Å²) in [5.74, 6) is -0.975. The number of aromatic carboxylic acids is 1. The van der Waals surface area contributed by atoms with Gasteiger partial charge in [-0.15, -0.1) is 0 Å². The fourth-order valence-corrected chi connectivity index (χ4v) is 3.02. The van der Waals surface area contributed by atoms with E-state index in [4.69, 9.17) is 5.73 Å². The number of hydrogen-bond acceptors (Lipinski definition) is 3. The number of benzene rings is 1. The molecular formula is C16H24N2O2. The van der Waals surface area contributed by atoms with Crippen molar-refractivity contribution >= 4 is 17.3 Å². The molecule has 4 heteroatoms. The Hall–Kier alpha value is -1.71. The maximum atomic E-state index is 11.2. The van der Waals surface area contributed by atoms with E-state index in [1.165, 1.54) is 19.3 Å². The van der Waals surface area contributed by atoms with Crippen molar-refractivity contribution in [3.63, 3.8) is 0 Å². The second kappa shape index (κ2) is 5.35. The third-order valence-corrected chi connectivity index (χ3v) is 4.47. The molecule has 110 valence electrons. The van der Waals surface area contributed by atoms with E-state index >= 15 is 0 Å². The minimum Gasteiger partial charge on any atom is -0.478 e.